The number of carbonyl (C=O) groups excluding carboxylic acids is 2. The van der Waals surface area contributed by atoms with Crippen LogP contribution in [0.15, 0.2) is 37.6 Å². The van der Waals surface area contributed by atoms with Crippen molar-refractivity contribution in [2.24, 2.45) is 20.6 Å². The van der Waals surface area contributed by atoms with Crippen LogP contribution in [0.2, 0.25) is 0 Å². The summed E-state index contributed by atoms with van der Waals surface area (Å²) in [5, 5.41) is 43.8. The molecule has 3 atom stereocenters. The second-order valence-corrected chi connectivity index (χ2v) is 29.7. The van der Waals surface area contributed by atoms with Gasteiger partial charge in [-0.15, -0.1) is 43.1 Å². The van der Waals surface area contributed by atoms with E-state index in [-0.39, 0.29) is 66.2 Å². The number of rotatable bonds is 14. The van der Waals surface area contributed by atoms with E-state index in [4.69, 9.17) is 25.3 Å². The molecule has 28 nitrogen and oxygen atoms in total. The predicted octanol–water partition coefficient (Wildman–Crippen LogP) is -1.01. The van der Waals surface area contributed by atoms with Crippen molar-refractivity contribution in [2.45, 2.75) is 90.3 Å². The molecule has 4 aromatic heterocycles. The van der Waals surface area contributed by atoms with E-state index in [0.29, 0.717) is 84.2 Å². The zero-order valence-electron chi connectivity index (χ0n) is 36.6. The third kappa shape index (κ3) is 16.2. The Kier molecular flexibility index (Phi) is 20.7. The Hall–Kier alpha value is -3.16. The predicted molar refractivity (Wildman–Crippen MR) is 252 cm³/mol. The van der Waals surface area contributed by atoms with Crippen molar-refractivity contribution in [3.63, 3.8) is 0 Å². The normalized spacial score (nSPS) is 18.8. The highest BCUT2D eigenvalue weighted by Gasteiger charge is 2.40. The number of hydrogen-bond donors (Lipinski definition) is 8. The molecule has 0 fully saturated rings. The van der Waals surface area contributed by atoms with Gasteiger partial charge in [-0.05, 0) is 45.0 Å². The van der Waals surface area contributed by atoms with Crippen molar-refractivity contribution >= 4 is 127 Å². The molecule has 384 valence electrons. The summed E-state index contributed by atoms with van der Waals surface area (Å²) in [6.45, 7) is 10.4. The van der Waals surface area contributed by atoms with Crippen LogP contribution in [0.4, 0.5) is 10.3 Å². The van der Waals surface area contributed by atoms with Gasteiger partial charge in [0.15, 0.2) is 9.84 Å². The number of thiophene rings is 2. The molecule has 2 aliphatic heterocycles. The number of methoxy groups -OCH3 is 1. The van der Waals surface area contributed by atoms with E-state index < -0.39 is 65.2 Å². The first-order chi connectivity index (χ1) is 31.2. The van der Waals surface area contributed by atoms with Gasteiger partial charge in [0.05, 0.1) is 5.25 Å². The fraction of sp³-hybridized carbons (Fsp3) is 0.533. The topological polar surface area (TPSA) is 455 Å². The number of amides is 2. The van der Waals surface area contributed by atoms with Gasteiger partial charge in [-0.2, -0.15) is 4.31 Å². The largest absolute Gasteiger partial charge is 0.385 e. The average molecular weight is 1150 g/mol. The van der Waals surface area contributed by atoms with Gasteiger partial charge < -0.3 is 26.0 Å². The van der Waals surface area contributed by atoms with Crippen molar-refractivity contribution in [1.29, 1.82) is 0 Å². The highest BCUT2D eigenvalue weighted by Crippen LogP contribution is 2.43. The summed E-state index contributed by atoms with van der Waals surface area (Å²) < 4.78 is 144. The van der Waals surface area contributed by atoms with E-state index in [1.54, 1.807) is 14.0 Å². The number of ether oxygens (including phenoxy) is 1. The highest BCUT2D eigenvalue weighted by atomic mass is 32.3. The van der Waals surface area contributed by atoms with Crippen molar-refractivity contribution in [2.75, 3.05) is 50.5 Å². The Morgan fingerprint density at radius 1 is 0.706 bits per heavy atom. The van der Waals surface area contributed by atoms with Gasteiger partial charge in [0, 0.05) is 63.9 Å². The molecule has 2 aliphatic rings. The lowest BCUT2D eigenvalue weighted by atomic mass is 10.1. The number of primary sulfonamides is 4. The number of fused-ring (bicyclic) bond motifs is 2. The average Bonchev–Trinajstić information content (AvgIpc) is 4.02. The van der Waals surface area contributed by atoms with Crippen LogP contribution in [-0.2, 0) is 74.3 Å². The van der Waals surface area contributed by atoms with Gasteiger partial charge in [0.1, 0.15) is 16.8 Å². The Morgan fingerprint density at radius 2 is 1.13 bits per heavy atom. The van der Waals surface area contributed by atoms with Crippen LogP contribution < -0.4 is 41.8 Å². The molecule has 0 bridgehead atoms. The summed E-state index contributed by atoms with van der Waals surface area (Å²) in [6, 6.07) is 2.34. The third-order valence-electron chi connectivity index (χ3n) is 8.56. The van der Waals surface area contributed by atoms with E-state index in [1.807, 2.05) is 13.8 Å². The van der Waals surface area contributed by atoms with Crippen molar-refractivity contribution in [3.05, 3.63) is 23.3 Å². The summed E-state index contributed by atoms with van der Waals surface area (Å²) >= 11 is 2.85. The molecule has 0 aliphatic carbocycles. The molecule has 68 heavy (non-hydrogen) atoms. The first kappa shape index (κ1) is 59.2. The van der Waals surface area contributed by atoms with E-state index in [2.05, 4.69) is 41.7 Å². The highest BCUT2D eigenvalue weighted by molar-refractivity contribution is 7.96. The number of aromatic nitrogens is 4. The maximum atomic E-state index is 12.7. The van der Waals surface area contributed by atoms with Crippen molar-refractivity contribution in [3.8, 4) is 0 Å². The van der Waals surface area contributed by atoms with Crippen LogP contribution in [0.1, 0.15) is 70.7 Å². The fourth-order valence-electron chi connectivity index (χ4n) is 5.72. The Morgan fingerprint density at radius 3 is 1.51 bits per heavy atom. The number of nitrogens with one attached hydrogen (secondary N) is 4. The molecule has 0 saturated carbocycles. The summed E-state index contributed by atoms with van der Waals surface area (Å²) in [5.74, 6) is -0.700. The standard InChI is InChI=1S/C12H21N3O5S3.C10H16N2O4S3.2C4H6N4O3S2/c1-3-14-10-8-15(5-4-6-20-2)23(18,19)12-9(10)7-11(21-12)22(13,16)17;1-3-12-8-4-6(2)18(13,14)10-7(8)5-9(17-10)19(11,15)16;2*1-2(9)6-3-7-8-4(12-3)13(5,10)11/h7,10,14H,3-6,8H2,1-2H3,(H2,13,16,17);5-6,8,12H,3-4H2,1-2H3,(H2,11,15,16);2*1H3,(H2,5,10,11)(H,6,7,9)/t10-;6-,8-;;/m00../s1. The van der Waals surface area contributed by atoms with Gasteiger partial charge in [-0.3, -0.25) is 9.59 Å². The van der Waals surface area contributed by atoms with Crippen LogP contribution in [0.5, 0.6) is 0 Å². The SMILES string of the molecule is CC(=O)Nc1nnc(S(N)(=O)=O)s1.CC(=O)Nc1nnc(S(N)(=O)=O)s1.CCN[C@H]1CN(CCCOC)S(=O)(=O)c2sc(S(N)(=O)=O)cc21.CCN[C@H]1C[C@H](C)S(=O)(=O)c2sc(S(N)(=O)=O)cc21. The van der Waals surface area contributed by atoms with Gasteiger partial charge in [0.2, 0.25) is 50.8 Å². The minimum absolute atomic E-state index is 0.0520. The Bertz CT molecular complexity index is 3030. The molecule has 0 aromatic carbocycles. The number of sulfone groups is 1. The Labute approximate surface area is 409 Å². The van der Waals surface area contributed by atoms with Gasteiger partial charge >= 0.3 is 0 Å². The van der Waals surface area contributed by atoms with Crippen LogP contribution in [0, 0.1) is 0 Å². The molecule has 4 aromatic rings. The number of hydrogen-bond acceptors (Lipinski definition) is 25. The second-order valence-electron chi connectivity index (χ2n) is 13.9. The summed E-state index contributed by atoms with van der Waals surface area (Å²) in [4.78, 5) is 21.0. The lowest BCUT2D eigenvalue weighted by Crippen LogP contribution is -2.43. The van der Waals surface area contributed by atoms with Gasteiger partial charge in [-0.1, -0.05) is 36.5 Å². The number of nitrogens with two attached hydrogens (primary N) is 4. The smallest absolute Gasteiger partial charge is 0.267 e. The maximum absolute atomic E-state index is 12.7. The van der Waals surface area contributed by atoms with Gasteiger partial charge in [-0.25, -0.2) is 71.1 Å². The number of carbonyl (C=O) groups is 2. The first-order valence-corrected chi connectivity index (χ1v) is 31.4. The fourth-order valence-corrected chi connectivity index (χ4v) is 17.2. The van der Waals surface area contributed by atoms with E-state index in [1.165, 1.54) is 30.3 Å². The second kappa shape index (κ2) is 23.8. The van der Waals surface area contributed by atoms with Crippen LogP contribution >= 0.6 is 45.3 Å². The van der Waals surface area contributed by atoms with Crippen LogP contribution in [0.25, 0.3) is 0 Å². The number of likely N-dealkylation sites (N-methyl/N-ethyl adjacent to an activating group) is 1. The van der Waals surface area contributed by atoms with Crippen LogP contribution in [0.3, 0.4) is 0 Å². The molecule has 2 amide bonds. The Balaban J connectivity index is 0.000000247. The molecular weight excluding hydrogens is 1100 g/mol. The zero-order valence-corrected chi connectivity index (χ0v) is 44.8. The molecule has 0 saturated heterocycles. The maximum Gasteiger partial charge on any atom is 0.267 e. The van der Waals surface area contributed by atoms with E-state index in [9.17, 15) is 60.1 Å². The zero-order chi connectivity index (χ0) is 51.8. The molecule has 0 spiro atoms. The lowest BCUT2D eigenvalue weighted by molar-refractivity contribution is -0.115. The van der Waals surface area contributed by atoms with Gasteiger partial charge in [0.25, 0.3) is 30.1 Å². The molecule has 0 radical (unpaired) electrons. The van der Waals surface area contributed by atoms with Crippen molar-refractivity contribution in [1.82, 2.24) is 35.3 Å². The number of nitrogens with zero attached hydrogens (tertiary/aromatic N) is 5. The molecule has 12 N–H and O–H groups in total. The minimum Gasteiger partial charge on any atom is -0.385 e. The minimum atomic E-state index is -3.94. The molecule has 6 heterocycles. The number of anilines is 2. The van der Waals surface area contributed by atoms with E-state index in [0.717, 1.165) is 11.3 Å². The molecule has 38 heteroatoms. The lowest BCUT2D eigenvalue weighted by Gasteiger charge is -2.32. The molecule has 6 rings (SSSR count). The third-order valence-corrected chi connectivity index (χ3v) is 23.1. The monoisotopic (exact) mass is 1150 g/mol. The first-order valence-electron chi connectivity index (χ1n) is 19.0. The van der Waals surface area contributed by atoms with Crippen LogP contribution in [-0.4, -0.2) is 132 Å². The summed E-state index contributed by atoms with van der Waals surface area (Å²) in [7, 11) is -21.1. The summed E-state index contributed by atoms with van der Waals surface area (Å²) in [6.07, 6.45) is 1.00. The van der Waals surface area contributed by atoms with Crippen molar-refractivity contribution < 1.29 is 64.8 Å². The van der Waals surface area contributed by atoms with E-state index >= 15 is 0 Å². The molecule has 0 unspecified atom stereocenters. The quantitative estimate of drug-likeness (QED) is 0.0554. The molecular formula is C30H49N13O15S10. The number of sulfonamides is 5. The summed E-state index contributed by atoms with van der Waals surface area (Å²) in [5.41, 5.74) is 0.998.